The van der Waals surface area contributed by atoms with Crippen LogP contribution in [0.25, 0.3) is 0 Å². The van der Waals surface area contributed by atoms with Crippen molar-refractivity contribution in [1.29, 1.82) is 0 Å². The number of likely N-dealkylation sites (tertiary alicyclic amines) is 1. The van der Waals surface area contributed by atoms with Crippen molar-refractivity contribution >= 4 is 5.97 Å². The van der Waals surface area contributed by atoms with E-state index >= 15 is 0 Å². The first-order valence-corrected chi connectivity index (χ1v) is 5.83. The third-order valence-corrected chi connectivity index (χ3v) is 3.58. The summed E-state index contributed by atoms with van der Waals surface area (Å²) < 4.78 is 0. The maximum absolute atomic E-state index is 11.6. The van der Waals surface area contributed by atoms with Gasteiger partial charge in [-0.25, -0.2) is 4.79 Å². The lowest BCUT2D eigenvalue weighted by Crippen LogP contribution is -2.48. The fourth-order valence-electron chi connectivity index (χ4n) is 2.39. The number of phenolic OH excluding ortho intramolecular Hbond substituents is 1. The molecule has 1 unspecified atom stereocenters. The summed E-state index contributed by atoms with van der Waals surface area (Å²) in [5.74, 6) is -0.687. The van der Waals surface area contributed by atoms with E-state index in [2.05, 4.69) is 0 Å². The molecule has 0 aromatic heterocycles. The summed E-state index contributed by atoms with van der Waals surface area (Å²) in [5.41, 5.74) is -0.283. The van der Waals surface area contributed by atoms with Crippen LogP contribution in [0.5, 0.6) is 5.75 Å². The van der Waals surface area contributed by atoms with E-state index in [9.17, 15) is 15.0 Å². The Hall–Kier alpha value is -1.55. The summed E-state index contributed by atoms with van der Waals surface area (Å²) in [5, 5.41) is 18.8. The Balaban J connectivity index is 2.39. The van der Waals surface area contributed by atoms with E-state index in [1.165, 1.54) is 12.1 Å². The Morgan fingerprint density at radius 3 is 2.24 bits per heavy atom. The molecule has 0 aliphatic carbocycles. The summed E-state index contributed by atoms with van der Waals surface area (Å²) in [6.45, 7) is 3.35. The Morgan fingerprint density at radius 2 is 1.76 bits per heavy atom. The largest absolute Gasteiger partial charge is 0.508 e. The average Bonchev–Trinajstić information content (AvgIpc) is 2.82. The fourth-order valence-corrected chi connectivity index (χ4v) is 2.39. The minimum atomic E-state index is -0.996. The molecule has 0 radical (unpaired) electrons. The molecule has 4 heteroatoms. The predicted molar refractivity (Wildman–Crippen MR) is 63.9 cm³/mol. The van der Waals surface area contributed by atoms with Crippen LogP contribution in [0.2, 0.25) is 0 Å². The fraction of sp³-hybridized carbons (Fsp3) is 0.462. The van der Waals surface area contributed by atoms with Crippen LogP contribution >= 0.6 is 0 Å². The third kappa shape index (κ3) is 2.00. The summed E-state index contributed by atoms with van der Waals surface area (Å²) in [7, 11) is 0. The number of rotatable bonds is 3. The van der Waals surface area contributed by atoms with Gasteiger partial charge in [-0.3, -0.25) is 4.90 Å². The number of benzene rings is 1. The van der Waals surface area contributed by atoms with Gasteiger partial charge in [0.2, 0.25) is 0 Å². The van der Waals surface area contributed by atoms with Crippen LogP contribution in [0.3, 0.4) is 0 Å². The van der Waals surface area contributed by atoms with Gasteiger partial charge in [-0.1, -0.05) is 12.1 Å². The summed E-state index contributed by atoms with van der Waals surface area (Å²) in [4.78, 5) is 13.6. The summed E-state index contributed by atoms with van der Waals surface area (Å²) in [6, 6.07) is 6.43. The second-order valence-electron chi connectivity index (χ2n) is 4.62. The van der Waals surface area contributed by atoms with E-state index in [0.717, 1.165) is 25.9 Å². The van der Waals surface area contributed by atoms with Crippen molar-refractivity contribution in [3.8, 4) is 5.75 Å². The van der Waals surface area contributed by atoms with Crippen molar-refractivity contribution in [2.75, 3.05) is 13.1 Å². The molecule has 1 aromatic rings. The Kier molecular flexibility index (Phi) is 3.07. The van der Waals surface area contributed by atoms with Crippen molar-refractivity contribution < 1.29 is 15.0 Å². The molecule has 1 fully saturated rings. The van der Waals surface area contributed by atoms with Gasteiger partial charge in [-0.2, -0.15) is 0 Å². The second-order valence-corrected chi connectivity index (χ2v) is 4.62. The highest BCUT2D eigenvalue weighted by molar-refractivity contribution is 5.80. The van der Waals surface area contributed by atoms with Crippen LogP contribution in [0.1, 0.15) is 25.3 Å². The lowest BCUT2D eigenvalue weighted by Gasteiger charge is -2.35. The van der Waals surface area contributed by atoms with Crippen LogP contribution in [-0.4, -0.2) is 34.2 Å². The maximum atomic E-state index is 11.6. The molecule has 17 heavy (non-hydrogen) atoms. The molecule has 1 aliphatic rings. The zero-order valence-corrected chi connectivity index (χ0v) is 9.89. The zero-order chi connectivity index (χ0) is 12.5. The van der Waals surface area contributed by atoms with Crippen LogP contribution in [0, 0.1) is 0 Å². The van der Waals surface area contributed by atoms with Gasteiger partial charge in [0.25, 0.3) is 0 Å². The molecule has 2 rings (SSSR count). The molecule has 1 saturated heterocycles. The number of carboxylic acid groups (broad SMARTS) is 1. The molecule has 0 amide bonds. The molecule has 1 aliphatic heterocycles. The van der Waals surface area contributed by atoms with Gasteiger partial charge in [-0.15, -0.1) is 0 Å². The standard InChI is InChI=1S/C13H17NO3/c1-13(12(16)17,14-8-2-3-9-14)10-4-6-11(15)7-5-10/h4-7,15H,2-3,8-9H2,1H3,(H,16,17). The third-order valence-electron chi connectivity index (χ3n) is 3.58. The maximum Gasteiger partial charge on any atom is 0.328 e. The second kappa shape index (κ2) is 4.37. The van der Waals surface area contributed by atoms with Crippen LogP contribution in [0.4, 0.5) is 0 Å². The van der Waals surface area contributed by atoms with E-state index in [1.807, 2.05) is 4.90 Å². The van der Waals surface area contributed by atoms with Crippen molar-refractivity contribution in [3.63, 3.8) is 0 Å². The van der Waals surface area contributed by atoms with Gasteiger partial charge in [0, 0.05) is 0 Å². The molecule has 0 bridgehead atoms. The Bertz CT molecular complexity index is 409. The molecule has 92 valence electrons. The van der Waals surface area contributed by atoms with Gasteiger partial charge >= 0.3 is 5.97 Å². The molecule has 0 saturated carbocycles. The lowest BCUT2D eigenvalue weighted by molar-refractivity contribution is -0.150. The number of hydrogen-bond acceptors (Lipinski definition) is 3. The van der Waals surface area contributed by atoms with Crippen molar-refractivity contribution in [3.05, 3.63) is 29.8 Å². The van der Waals surface area contributed by atoms with Crippen LogP contribution in [0.15, 0.2) is 24.3 Å². The van der Waals surface area contributed by atoms with Gasteiger partial charge in [0.05, 0.1) is 0 Å². The monoisotopic (exact) mass is 235 g/mol. The molecule has 2 N–H and O–H groups in total. The SMILES string of the molecule is CC(C(=O)O)(c1ccc(O)cc1)N1CCCC1. The molecular formula is C13H17NO3. The molecule has 1 aromatic carbocycles. The van der Waals surface area contributed by atoms with E-state index < -0.39 is 11.5 Å². The highest BCUT2D eigenvalue weighted by Gasteiger charge is 2.42. The molecular weight excluding hydrogens is 218 g/mol. The average molecular weight is 235 g/mol. The number of nitrogens with zero attached hydrogens (tertiary/aromatic N) is 1. The lowest BCUT2D eigenvalue weighted by atomic mass is 9.90. The highest BCUT2D eigenvalue weighted by atomic mass is 16.4. The van der Waals surface area contributed by atoms with Crippen LogP contribution < -0.4 is 0 Å². The van der Waals surface area contributed by atoms with Crippen molar-refractivity contribution in [2.45, 2.75) is 25.3 Å². The number of aromatic hydroxyl groups is 1. The van der Waals surface area contributed by atoms with E-state index in [-0.39, 0.29) is 5.75 Å². The Labute approximate surface area is 100 Å². The molecule has 0 spiro atoms. The number of aliphatic carboxylic acids is 1. The minimum absolute atomic E-state index is 0.155. The first-order valence-electron chi connectivity index (χ1n) is 5.83. The number of carboxylic acids is 1. The zero-order valence-electron chi connectivity index (χ0n) is 9.89. The van der Waals surface area contributed by atoms with Gasteiger partial charge < -0.3 is 10.2 Å². The normalized spacial score (nSPS) is 20.1. The van der Waals surface area contributed by atoms with Crippen molar-refractivity contribution in [1.82, 2.24) is 4.90 Å². The van der Waals surface area contributed by atoms with Gasteiger partial charge in [0.1, 0.15) is 11.3 Å². The number of phenols is 1. The highest BCUT2D eigenvalue weighted by Crippen LogP contribution is 2.32. The number of hydrogen-bond donors (Lipinski definition) is 2. The smallest absolute Gasteiger partial charge is 0.328 e. The molecule has 1 heterocycles. The topological polar surface area (TPSA) is 60.8 Å². The van der Waals surface area contributed by atoms with E-state index in [1.54, 1.807) is 19.1 Å². The minimum Gasteiger partial charge on any atom is -0.508 e. The Morgan fingerprint density at radius 1 is 1.24 bits per heavy atom. The van der Waals surface area contributed by atoms with Gasteiger partial charge in [-0.05, 0) is 50.6 Å². The van der Waals surface area contributed by atoms with E-state index in [0.29, 0.717) is 5.56 Å². The molecule has 1 atom stereocenters. The summed E-state index contributed by atoms with van der Waals surface area (Å²) in [6.07, 6.45) is 2.09. The van der Waals surface area contributed by atoms with Crippen LogP contribution in [-0.2, 0) is 10.3 Å². The first kappa shape index (κ1) is 11.9. The molecule has 4 nitrogen and oxygen atoms in total. The quantitative estimate of drug-likeness (QED) is 0.838. The summed E-state index contributed by atoms with van der Waals surface area (Å²) >= 11 is 0. The van der Waals surface area contributed by atoms with E-state index in [4.69, 9.17) is 0 Å². The predicted octanol–water partition coefficient (Wildman–Crippen LogP) is 1.79. The van der Waals surface area contributed by atoms with Gasteiger partial charge in [0.15, 0.2) is 0 Å². The number of carbonyl (C=O) groups is 1. The first-order chi connectivity index (χ1) is 8.05. The van der Waals surface area contributed by atoms with Crippen molar-refractivity contribution in [2.24, 2.45) is 0 Å².